The van der Waals surface area contributed by atoms with E-state index in [1.165, 1.54) is 12.0 Å². The third-order valence-electron chi connectivity index (χ3n) is 8.20. The number of fused-ring (bicyclic) bond motifs is 1. The first-order valence-corrected chi connectivity index (χ1v) is 14.4. The van der Waals surface area contributed by atoms with Crippen LogP contribution in [0.3, 0.4) is 0 Å². The summed E-state index contributed by atoms with van der Waals surface area (Å²) >= 11 is 1.67. The lowest BCUT2D eigenvalue weighted by molar-refractivity contribution is -0.137. The van der Waals surface area contributed by atoms with E-state index in [1.807, 2.05) is 18.3 Å². The molecule has 3 aliphatic rings. The minimum Gasteiger partial charge on any atom is -0.393 e. The summed E-state index contributed by atoms with van der Waals surface area (Å²) < 4.78 is 20.4. The van der Waals surface area contributed by atoms with Crippen LogP contribution in [0.15, 0.2) is 30.5 Å². The molecule has 194 valence electrons. The predicted molar refractivity (Wildman–Crippen MR) is 147 cm³/mol. The van der Waals surface area contributed by atoms with Crippen molar-refractivity contribution < 1.29 is 12.3 Å². The van der Waals surface area contributed by atoms with Gasteiger partial charge in [-0.05, 0) is 75.6 Å². The van der Waals surface area contributed by atoms with Crippen molar-refractivity contribution in [3.63, 3.8) is 0 Å². The van der Waals surface area contributed by atoms with Crippen LogP contribution >= 0.6 is 23.0 Å². The van der Waals surface area contributed by atoms with Crippen LogP contribution in [0.1, 0.15) is 85.8 Å². The van der Waals surface area contributed by atoms with Gasteiger partial charge in [0.15, 0.2) is 23.0 Å². The number of aromatic nitrogens is 2. The quantitative estimate of drug-likeness (QED) is 0.260. The van der Waals surface area contributed by atoms with Crippen LogP contribution in [0.5, 0.6) is 0 Å². The standard InChI is InChI=1S/C28H36FIN4O2/c29-24(11-2-1-9-22-13-12-20-8-4-16-32-27(20)33-22)21-14-17-34(18-21)26(28(35)36-30)23-10-5-15-31-25(23)19-6-3-7-19/h5,10,12-13,15,19,21,24,26H,1-4,6-9,11,14,16-18H2,(H,32,33)/t21-,24?,26?/m1/s1. The number of anilines is 1. The molecule has 0 spiro atoms. The minimum atomic E-state index is -0.857. The molecule has 0 amide bonds. The molecule has 2 aromatic heterocycles. The number of aryl methyl sites for hydroxylation is 2. The van der Waals surface area contributed by atoms with E-state index >= 15 is 4.39 Å². The molecule has 0 radical (unpaired) electrons. The Morgan fingerprint density at radius 1 is 1.22 bits per heavy atom. The van der Waals surface area contributed by atoms with Crippen LogP contribution in [0, 0.1) is 5.92 Å². The van der Waals surface area contributed by atoms with E-state index in [1.54, 1.807) is 23.0 Å². The summed E-state index contributed by atoms with van der Waals surface area (Å²) in [4.78, 5) is 24.4. The zero-order valence-corrected chi connectivity index (χ0v) is 23.0. The van der Waals surface area contributed by atoms with Crippen LogP contribution < -0.4 is 5.32 Å². The summed E-state index contributed by atoms with van der Waals surface area (Å²) in [5.74, 6) is 1.11. The average Bonchev–Trinajstić information content (AvgIpc) is 3.36. The minimum absolute atomic E-state index is 0.0515. The maximum Gasteiger partial charge on any atom is 0.337 e. The van der Waals surface area contributed by atoms with Crippen LogP contribution in [0.2, 0.25) is 0 Å². The molecule has 5 rings (SSSR count). The number of hydrogen-bond donors (Lipinski definition) is 1. The van der Waals surface area contributed by atoms with Gasteiger partial charge in [-0.1, -0.05) is 25.0 Å². The first kappa shape index (κ1) is 25.8. The lowest BCUT2D eigenvalue weighted by Crippen LogP contribution is -2.35. The molecule has 3 atom stereocenters. The SMILES string of the molecule is O=C(OI)C(c1cccnc1C1CCC1)N1CC[C@@H](C(F)CCCCc2ccc3c(n2)NCCC3)C1. The fraction of sp³-hybridized carbons (Fsp3) is 0.607. The molecule has 8 heteroatoms. The number of rotatable bonds is 10. The molecule has 1 saturated carbocycles. The summed E-state index contributed by atoms with van der Waals surface area (Å²) in [6, 6.07) is 7.70. The Hall–Kier alpha value is -1.81. The van der Waals surface area contributed by atoms with Crippen molar-refractivity contribution in [2.24, 2.45) is 5.92 Å². The lowest BCUT2D eigenvalue weighted by Gasteiger charge is -2.31. The molecule has 2 fully saturated rings. The molecule has 2 aromatic rings. The number of nitrogens with zero attached hydrogens (tertiary/aromatic N) is 3. The topological polar surface area (TPSA) is 67.3 Å². The van der Waals surface area contributed by atoms with E-state index in [0.717, 1.165) is 80.7 Å². The van der Waals surface area contributed by atoms with Crippen molar-refractivity contribution in [1.82, 2.24) is 14.9 Å². The van der Waals surface area contributed by atoms with Crippen molar-refractivity contribution in [2.45, 2.75) is 82.3 Å². The molecular weight excluding hydrogens is 570 g/mol. The van der Waals surface area contributed by atoms with Gasteiger partial charge < -0.3 is 8.38 Å². The summed E-state index contributed by atoms with van der Waals surface area (Å²) in [5, 5.41) is 3.39. The molecule has 0 bridgehead atoms. The number of unbranched alkanes of at least 4 members (excludes halogenated alkanes) is 1. The van der Waals surface area contributed by atoms with Crippen molar-refractivity contribution in [2.75, 3.05) is 25.0 Å². The number of likely N-dealkylation sites (tertiary alicyclic amines) is 1. The van der Waals surface area contributed by atoms with E-state index in [9.17, 15) is 4.79 Å². The van der Waals surface area contributed by atoms with E-state index < -0.39 is 12.2 Å². The summed E-state index contributed by atoms with van der Waals surface area (Å²) in [6.45, 7) is 2.27. The van der Waals surface area contributed by atoms with Crippen LogP contribution in [-0.4, -0.2) is 46.6 Å². The number of carbonyl (C=O) groups is 1. The smallest absolute Gasteiger partial charge is 0.337 e. The third kappa shape index (κ3) is 5.85. The van der Waals surface area contributed by atoms with Gasteiger partial charge in [-0.15, -0.1) is 0 Å². The Morgan fingerprint density at radius 3 is 2.92 bits per heavy atom. The van der Waals surface area contributed by atoms with Gasteiger partial charge in [-0.3, -0.25) is 9.88 Å². The highest BCUT2D eigenvalue weighted by molar-refractivity contribution is 14.1. The summed E-state index contributed by atoms with van der Waals surface area (Å²) in [5.41, 5.74) is 4.34. The fourth-order valence-corrected chi connectivity index (χ4v) is 6.17. The van der Waals surface area contributed by atoms with Crippen LogP contribution in [0.25, 0.3) is 0 Å². The maximum absolute atomic E-state index is 15.3. The first-order valence-electron chi connectivity index (χ1n) is 13.5. The Balaban J connectivity index is 1.14. The summed E-state index contributed by atoms with van der Waals surface area (Å²) in [7, 11) is 0. The van der Waals surface area contributed by atoms with Gasteiger partial charge in [0, 0.05) is 48.1 Å². The van der Waals surface area contributed by atoms with E-state index in [0.29, 0.717) is 25.4 Å². The number of halogens is 2. The fourth-order valence-electron chi connectivity index (χ4n) is 5.93. The second-order valence-electron chi connectivity index (χ2n) is 10.6. The van der Waals surface area contributed by atoms with E-state index in [2.05, 4.69) is 27.3 Å². The molecule has 1 aliphatic carbocycles. The number of alkyl halides is 1. The van der Waals surface area contributed by atoms with Gasteiger partial charge >= 0.3 is 5.97 Å². The molecule has 2 aliphatic heterocycles. The molecule has 6 nitrogen and oxygen atoms in total. The number of hydrogen-bond acceptors (Lipinski definition) is 6. The van der Waals surface area contributed by atoms with Crippen LogP contribution in [0.4, 0.5) is 10.2 Å². The number of pyridine rings is 2. The Bertz CT molecular complexity index is 1050. The molecule has 0 aromatic carbocycles. The second kappa shape index (κ2) is 12.2. The van der Waals surface area contributed by atoms with Gasteiger partial charge in [0.25, 0.3) is 0 Å². The first-order chi connectivity index (χ1) is 17.6. The molecule has 36 heavy (non-hydrogen) atoms. The van der Waals surface area contributed by atoms with E-state index in [-0.39, 0.29) is 11.9 Å². The van der Waals surface area contributed by atoms with Gasteiger partial charge in [-0.25, -0.2) is 14.2 Å². The Kier molecular flexibility index (Phi) is 8.72. The van der Waals surface area contributed by atoms with Gasteiger partial charge in [-0.2, -0.15) is 0 Å². The zero-order valence-electron chi connectivity index (χ0n) is 20.8. The lowest BCUT2D eigenvalue weighted by atomic mass is 9.80. The molecule has 2 unspecified atom stereocenters. The zero-order chi connectivity index (χ0) is 24.9. The Morgan fingerprint density at radius 2 is 2.11 bits per heavy atom. The number of carbonyl (C=O) groups excluding carboxylic acids is 1. The van der Waals surface area contributed by atoms with Crippen molar-refractivity contribution >= 4 is 34.8 Å². The van der Waals surface area contributed by atoms with Gasteiger partial charge in [0.2, 0.25) is 0 Å². The number of nitrogens with one attached hydrogen (secondary N) is 1. The molecule has 1 N–H and O–H groups in total. The van der Waals surface area contributed by atoms with Crippen LogP contribution in [-0.2, 0) is 20.7 Å². The molecule has 4 heterocycles. The maximum atomic E-state index is 15.3. The van der Waals surface area contributed by atoms with E-state index in [4.69, 9.17) is 8.05 Å². The van der Waals surface area contributed by atoms with Crippen molar-refractivity contribution in [3.05, 3.63) is 53.0 Å². The highest BCUT2D eigenvalue weighted by Crippen LogP contribution is 2.41. The average molecular weight is 607 g/mol. The second-order valence-corrected chi connectivity index (χ2v) is 11.0. The Labute approximate surface area is 227 Å². The summed E-state index contributed by atoms with van der Waals surface area (Å²) in [6.07, 6.45) is 10.6. The molecular formula is C28H36FIN4O2. The monoisotopic (exact) mass is 606 g/mol. The highest BCUT2D eigenvalue weighted by Gasteiger charge is 2.39. The largest absolute Gasteiger partial charge is 0.393 e. The third-order valence-corrected chi connectivity index (χ3v) is 8.64. The van der Waals surface area contributed by atoms with Crippen molar-refractivity contribution in [3.8, 4) is 0 Å². The molecule has 1 saturated heterocycles. The van der Waals surface area contributed by atoms with Crippen molar-refractivity contribution in [1.29, 1.82) is 0 Å². The van der Waals surface area contributed by atoms with Gasteiger partial charge in [0.05, 0.1) is 0 Å². The predicted octanol–water partition coefficient (Wildman–Crippen LogP) is 6.11. The van der Waals surface area contributed by atoms with Gasteiger partial charge in [0.1, 0.15) is 18.0 Å². The highest BCUT2D eigenvalue weighted by atomic mass is 127. The normalized spacial score (nSPS) is 21.8.